The molecule has 2 aliphatic rings. The second-order valence-electron chi connectivity index (χ2n) is 5.99. The Hall–Kier alpha value is -2.02. The molecule has 1 saturated heterocycles. The smallest absolute Gasteiger partial charge is 0.294 e. The quantitative estimate of drug-likeness (QED) is 0.792. The zero-order valence-electron chi connectivity index (χ0n) is 12.6. The minimum Gasteiger partial charge on any atom is -0.374 e. The van der Waals surface area contributed by atoms with Crippen molar-refractivity contribution in [3.05, 3.63) is 23.8 Å². The number of ether oxygens (including phenoxy) is 1. The van der Waals surface area contributed by atoms with Gasteiger partial charge in [0.25, 0.3) is 11.7 Å². The van der Waals surface area contributed by atoms with E-state index in [4.69, 9.17) is 4.74 Å². The van der Waals surface area contributed by atoms with E-state index >= 15 is 0 Å². The van der Waals surface area contributed by atoms with Gasteiger partial charge in [0.05, 0.1) is 18.8 Å². The van der Waals surface area contributed by atoms with Gasteiger partial charge >= 0.3 is 0 Å². The first kappa shape index (κ1) is 13.6. The molecule has 0 unspecified atom stereocenters. The fraction of sp³-hybridized carbons (Fsp3) is 0.600. The lowest BCUT2D eigenvalue weighted by atomic mass is 9.90. The number of aryl methyl sites for hydroxylation is 1. The highest BCUT2D eigenvalue weighted by molar-refractivity contribution is 5.91. The van der Waals surface area contributed by atoms with E-state index in [0.29, 0.717) is 18.9 Å². The second-order valence-corrected chi connectivity index (χ2v) is 5.99. The van der Waals surface area contributed by atoms with Crippen molar-refractivity contribution in [1.82, 2.24) is 24.5 Å². The first-order valence-corrected chi connectivity index (χ1v) is 7.85. The van der Waals surface area contributed by atoms with Crippen molar-refractivity contribution in [2.24, 2.45) is 0 Å². The van der Waals surface area contributed by atoms with Crippen molar-refractivity contribution in [3.8, 4) is 0 Å². The summed E-state index contributed by atoms with van der Waals surface area (Å²) in [4.78, 5) is 23.2. The van der Waals surface area contributed by atoms with Crippen molar-refractivity contribution < 1.29 is 9.53 Å². The van der Waals surface area contributed by atoms with Crippen LogP contribution in [0.15, 0.2) is 12.3 Å². The number of hydrogen-bond donors (Lipinski definition) is 0. The van der Waals surface area contributed by atoms with Gasteiger partial charge in [0.2, 0.25) is 5.82 Å². The standard InChI is InChI=1S/C15H19N5O2/c1-10-6-7-16-15-17-13(18-20(10)15)14(21)19-8-9-22-12-5-3-2-4-11(12)19/h6-7,11-12H,2-5,8-9H2,1H3/t11-,12+/m1/s1. The van der Waals surface area contributed by atoms with Gasteiger partial charge in [0.1, 0.15) is 0 Å². The van der Waals surface area contributed by atoms with E-state index in [1.165, 1.54) is 6.42 Å². The molecule has 0 radical (unpaired) electrons. The molecule has 4 rings (SSSR count). The van der Waals surface area contributed by atoms with Crippen molar-refractivity contribution in [2.45, 2.75) is 44.8 Å². The monoisotopic (exact) mass is 301 g/mol. The summed E-state index contributed by atoms with van der Waals surface area (Å²) >= 11 is 0. The molecule has 116 valence electrons. The average Bonchev–Trinajstić information content (AvgIpc) is 2.99. The highest BCUT2D eigenvalue weighted by atomic mass is 16.5. The van der Waals surface area contributed by atoms with Gasteiger partial charge in [-0.3, -0.25) is 4.79 Å². The Balaban J connectivity index is 1.65. The van der Waals surface area contributed by atoms with Crippen LogP contribution in [0.1, 0.15) is 42.0 Å². The number of nitrogens with zero attached hydrogens (tertiary/aromatic N) is 5. The SMILES string of the molecule is Cc1ccnc2nc(C(=O)N3CCO[C@H]4CCCC[C@H]43)nn12. The summed E-state index contributed by atoms with van der Waals surface area (Å²) in [5.74, 6) is 0.593. The van der Waals surface area contributed by atoms with E-state index in [1.54, 1.807) is 10.7 Å². The largest absolute Gasteiger partial charge is 0.374 e. The highest BCUT2D eigenvalue weighted by Gasteiger charge is 2.38. The van der Waals surface area contributed by atoms with Crippen LogP contribution in [0, 0.1) is 6.92 Å². The number of morpholine rings is 1. The van der Waals surface area contributed by atoms with Crippen LogP contribution in [-0.2, 0) is 4.74 Å². The van der Waals surface area contributed by atoms with E-state index in [-0.39, 0.29) is 23.9 Å². The van der Waals surface area contributed by atoms with Gasteiger partial charge in [-0.25, -0.2) is 9.50 Å². The molecule has 0 bridgehead atoms. The maximum atomic E-state index is 12.8. The van der Waals surface area contributed by atoms with Crippen molar-refractivity contribution >= 4 is 11.7 Å². The third-order valence-electron chi connectivity index (χ3n) is 4.61. The van der Waals surface area contributed by atoms with Crippen LogP contribution in [-0.4, -0.2) is 55.7 Å². The van der Waals surface area contributed by atoms with Gasteiger partial charge < -0.3 is 9.64 Å². The maximum absolute atomic E-state index is 12.8. The molecule has 7 nitrogen and oxygen atoms in total. The summed E-state index contributed by atoms with van der Waals surface area (Å²) in [6.45, 7) is 3.13. The van der Waals surface area contributed by atoms with Crippen LogP contribution >= 0.6 is 0 Å². The zero-order valence-corrected chi connectivity index (χ0v) is 12.6. The second kappa shape index (κ2) is 5.31. The Labute approximate surface area is 128 Å². The third-order valence-corrected chi connectivity index (χ3v) is 4.61. The van der Waals surface area contributed by atoms with Crippen LogP contribution in [0.4, 0.5) is 0 Å². The molecule has 7 heteroatoms. The van der Waals surface area contributed by atoms with Gasteiger partial charge in [-0.2, -0.15) is 4.98 Å². The molecular weight excluding hydrogens is 282 g/mol. The van der Waals surface area contributed by atoms with Gasteiger partial charge in [-0.15, -0.1) is 5.10 Å². The average molecular weight is 301 g/mol. The maximum Gasteiger partial charge on any atom is 0.294 e. The molecule has 0 spiro atoms. The van der Waals surface area contributed by atoms with Crippen molar-refractivity contribution in [3.63, 3.8) is 0 Å². The van der Waals surface area contributed by atoms with Crippen LogP contribution in [0.3, 0.4) is 0 Å². The first-order valence-electron chi connectivity index (χ1n) is 7.85. The topological polar surface area (TPSA) is 72.6 Å². The van der Waals surface area contributed by atoms with Crippen LogP contribution < -0.4 is 0 Å². The molecule has 2 atom stereocenters. The minimum absolute atomic E-state index is 0.106. The highest BCUT2D eigenvalue weighted by Crippen LogP contribution is 2.29. The van der Waals surface area contributed by atoms with Crippen LogP contribution in [0.25, 0.3) is 5.78 Å². The molecule has 2 fully saturated rings. The molecule has 1 saturated carbocycles. The van der Waals surface area contributed by atoms with E-state index in [1.807, 2.05) is 17.9 Å². The number of fused-ring (bicyclic) bond motifs is 2. The molecule has 0 aromatic carbocycles. The Morgan fingerprint density at radius 2 is 2.23 bits per heavy atom. The summed E-state index contributed by atoms with van der Waals surface area (Å²) in [6.07, 6.45) is 6.21. The van der Waals surface area contributed by atoms with Gasteiger partial charge in [0, 0.05) is 18.4 Å². The third kappa shape index (κ3) is 2.16. The Bertz CT molecular complexity index is 711. The summed E-state index contributed by atoms with van der Waals surface area (Å²) in [7, 11) is 0. The number of hydrogen-bond acceptors (Lipinski definition) is 5. The normalized spacial score (nSPS) is 25.2. The fourth-order valence-electron chi connectivity index (χ4n) is 3.47. The summed E-state index contributed by atoms with van der Waals surface area (Å²) in [6, 6.07) is 2.01. The van der Waals surface area contributed by atoms with Crippen LogP contribution in [0.2, 0.25) is 0 Å². The van der Waals surface area contributed by atoms with Crippen molar-refractivity contribution in [1.29, 1.82) is 0 Å². The lowest BCUT2D eigenvalue weighted by Crippen LogP contribution is -2.55. The fourth-order valence-corrected chi connectivity index (χ4v) is 3.47. The lowest BCUT2D eigenvalue weighted by Gasteiger charge is -2.43. The zero-order chi connectivity index (χ0) is 15.1. The molecule has 22 heavy (non-hydrogen) atoms. The molecule has 1 amide bonds. The molecule has 3 heterocycles. The molecule has 1 aliphatic carbocycles. The molecule has 0 N–H and O–H groups in total. The Morgan fingerprint density at radius 1 is 1.36 bits per heavy atom. The predicted molar refractivity (Wildman–Crippen MR) is 78.6 cm³/mol. The summed E-state index contributed by atoms with van der Waals surface area (Å²) in [5.41, 5.74) is 0.911. The van der Waals surface area contributed by atoms with E-state index < -0.39 is 0 Å². The minimum atomic E-state index is -0.106. The Morgan fingerprint density at radius 3 is 3.09 bits per heavy atom. The van der Waals surface area contributed by atoms with Crippen molar-refractivity contribution in [2.75, 3.05) is 13.2 Å². The summed E-state index contributed by atoms with van der Waals surface area (Å²) < 4.78 is 7.44. The molecule has 2 aromatic heterocycles. The first-order chi connectivity index (χ1) is 10.7. The van der Waals surface area contributed by atoms with Crippen LogP contribution in [0.5, 0.6) is 0 Å². The number of rotatable bonds is 1. The number of amides is 1. The number of aromatic nitrogens is 4. The van der Waals surface area contributed by atoms with E-state index in [2.05, 4.69) is 15.1 Å². The lowest BCUT2D eigenvalue weighted by molar-refractivity contribution is -0.0755. The Kier molecular flexibility index (Phi) is 3.29. The van der Waals surface area contributed by atoms with E-state index in [9.17, 15) is 4.79 Å². The molecule has 2 aromatic rings. The van der Waals surface area contributed by atoms with Gasteiger partial charge in [-0.1, -0.05) is 12.8 Å². The molecule has 1 aliphatic heterocycles. The molecular formula is C15H19N5O2. The summed E-state index contributed by atoms with van der Waals surface area (Å²) in [5, 5.41) is 4.34. The number of carbonyl (C=O) groups is 1. The van der Waals surface area contributed by atoms with E-state index in [0.717, 1.165) is 25.0 Å². The van der Waals surface area contributed by atoms with Gasteiger partial charge in [0.15, 0.2) is 0 Å². The predicted octanol–water partition coefficient (Wildman–Crippen LogP) is 1.22. The number of carbonyl (C=O) groups excluding carboxylic acids is 1. The van der Waals surface area contributed by atoms with Gasteiger partial charge in [-0.05, 0) is 25.8 Å².